The SMILES string of the molecule is C[n+]1ccc(-c2ccc([N+](=O)[O-])cc2F)cc1.[I-]. The monoisotopic (exact) mass is 360 g/mol. The highest BCUT2D eigenvalue weighted by Gasteiger charge is 2.12. The van der Waals surface area contributed by atoms with Crippen molar-refractivity contribution in [2.75, 3.05) is 0 Å². The van der Waals surface area contributed by atoms with Crippen molar-refractivity contribution < 1.29 is 37.9 Å². The van der Waals surface area contributed by atoms with E-state index in [-0.39, 0.29) is 29.7 Å². The molecule has 0 bridgehead atoms. The summed E-state index contributed by atoms with van der Waals surface area (Å²) in [6, 6.07) is 7.16. The zero-order valence-electron chi connectivity index (χ0n) is 9.51. The first-order chi connectivity index (χ1) is 8.08. The van der Waals surface area contributed by atoms with Crippen LogP contribution in [0.25, 0.3) is 11.1 Å². The maximum atomic E-state index is 13.7. The van der Waals surface area contributed by atoms with Crippen LogP contribution in [0.4, 0.5) is 10.1 Å². The van der Waals surface area contributed by atoms with E-state index in [1.54, 1.807) is 24.5 Å². The maximum Gasteiger partial charge on any atom is 0.272 e. The number of aryl methyl sites for hydroxylation is 1. The standard InChI is InChI=1S/C12H10FN2O2.HI/c1-14-6-4-9(5-7-14)11-3-2-10(15(16)17)8-12(11)13;/h2-8H,1H3;1H/q+1;/p-1. The van der Waals surface area contributed by atoms with E-state index in [0.29, 0.717) is 11.1 Å². The number of nitrogens with zero attached hydrogens (tertiary/aromatic N) is 2. The summed E-state index contributed by atoms with van der Waals surface area (Å²) in [6.45, 7) is 0. The lowest BCUT2D eigenvalue weighted by atomic mass is 10.1. The van der Waals surface area contributed by atoms with Crippen molar-refractivity contribution >= 4 is 5.69 Å². The summed E-state index contributed by atoms with van der Waals surface area (Å²) in [5.74, 6) is -0.590. The highest BCUT2D eigenvalue weighted by Crippen LogP contribution is 2.25. The first kappa shape index (κ1) is 14.5. The van der Waals surface area contributed by atoms with E-state index < -0.39 is 10.7 Å². The van der Waals surface area contributed by atoms with Gasteiger partial charge in [0.1, 0.15) is 12.9 Å². The first-order valence-electron chi connectivity index (χ1n) is 4.97. The molecule has 1 aromatic heterocycles. The molecule has 0 aliphatic rings. The Kier molecular flexibility index (Phi) is 4.71. The molecule has 2 aromatic rings. The van der Waals surface area contributed by atoms with E-state index in [4.69, 9.17) is 0 Å². The summed E-state index contributed by atoms with van der Waals surface area (Å²) < 4.78 is 15.5. The van der Waals surface area contributed by atoms with Crippen molar-refractivity contribution in [2.45, 2.75) is 0 Å². The number of halogens is 2. The third-order valence-corrected chi connectivity index (χ3v) is 2.45. The van der Waals surface area contributed by atoms with Gasteiger partial charge >= 0.3 is 0 Å². The van der Waals surface area contributed by atoms with E-state index in [2.05, 4.69) is 0 Å². The average molecular weight is 360 g/mol. The molecule has 0 unspecified atom stereocenters. The largest absolute Gasteiger partial charge is 1.00 e. The lowest BCUT2D eigenvalue weighted by Crippen LogP contribution is -3.00. The summed E-state index contributed by atoms with van der Waals surface area (Å²) in [4.78, 5) is 9.87. The molecule has 0 spiro atoms. The third kappa shape index (κ3) is 3.00. The summed E-state index contributed by atoms with van der Waals surface area (Å²) >= 11 is 0. The van der Waals surface area contributed by atoms with Gasteiger partial charge in [0.2, 0.25) is 0 Å². The van der Waals surface area contributed by atoms with Crippen LogP contribution in [-0.4, -0.2) is 4.92 Å². The number of non-ortho nitro benzene ring substituents is 1. The van der Waals surface area contributed by atoms with E-state index in [9.17, 15) is 14.5 Å². The molecule has 0 saturated carbocycles. The number of nitro groups is 1. The van der Waals surface area contributed by atoms with Gasteiger partial charge in [-0.15, -0.1) is 0 Å². The molecule has 0 atom stereocenters. The molecule has 0 aliphatic heterocycles. The second-order valence-corrected chi connectivity index (χ2v) is 3.67. The zero-order valence-corrected chi connectivity index (χ0v) is 11.7. The topological polar surface area (TPSA) is 47.0 Å². The molecule has 0 saturated heterocycles. The van der Waals surface area contributed by atoms with E-state index in [1.165, 1.54) is 12.1 Å². The van der Waals surface area contributed by atoms with Gasteiger partial charge in [-0.2, -0.15) is 0 Å². The van der Waals surface area contributed by atoms with Crippen LogP contribution in [0.1, 0.15) is 0 Å². The molecule has 6 heteroatoms. The third-order valence-electron chi connectivity index (χ3n) is 2.45. The molecule has 4 nitrogen and oxygen atoms in total. The highest BCUT2D eigenvalue weighted by atomic mass is 127. The van der Waals surface area contributed by atoms with Crippen molar-refractivity contribution in [2.24, 2.45) is 7.05 Å². The molecule has 2 rings (SSSR count). The van der Waals surface area contributed by atoms with Gasteiger partial charge in [-0.3, -0.25) is 10.1 Å². The minimum atomic E-state index is -0.613. The van der Waals surface area contributed by atoms with Crippen LogP contribution in [0.3, 0.4) is 0 Å². The lowest BCUT2D eigenvalue weighted by molar-refractivity contribution is -0.671. The van der Waals surface area contributed by atoms with Crippen LogP contribution in [0, 0.1) is 15.9 Å². The van der Waals surface area contributed by atoms with Crippen LogP contribution in [0.15, 0.2) is 42.7 Å². The Hall–Kier alpha value is -1.57. The molecule has 0 fully saturated rings. The van der Waals surface area contributed by atoms with E-state index in [0.717, 1.165) is 6.07 Å². The summed E-state index contributed by atoms with van der Waals surface area (Å²) in [5, 5.41) is 10.5. The van der Waals surface area contributed by atoms with Crippen LogP contribution < -0.4 is 28.5 Å². The van der Waals surface area contributed by atoms with Crippen LogP contribution in [0.2, 0.25) is 0 Å². The Balaban J connectivity index is 0.00000162. The van der Waals surface area contributed by atoms with Crippen molar-refractivity contribution in [1.82, 2.24) is 0 Å². The van der Waals surface area contributed by atoms with Gasteiger partial charge in [0, 0.05) is 23.8 Å². The maximum absolute atomic E-state index is 13.7. The molecule has 94 valence electrons. The van der Waals surface area contributed by atoms with Crippen molar-refractivity contribution in [3.8, 4) is 11.1 Å². The smallest absolute Gasteiger partial charge is 0.272 e. The van der Waals surface area contributed by atoms with Gasteiger partial charge in [0.05, 0.1) is 11.0 Å². The molecule has 18 heavy (non-hydrogen) atoms. The molecule has 1 aromatic carbocycles. The van der Waals surface area contributed by atoms with E-state index in [1.807, 2.05) is 11.6 Å². The van der Waals surface area contributed by atoms with Crippen LogP contribution in [0.5, 0.6) is 0 Å². The van der Waals surface area contributed by atoms with Gasteiger partial charge in [0.25, 0.3) is 5.69 Å². The fraction of sp³-hybridized carbons (Fsp3) is 0.0833. The van der Waals surface area contributed by atoms with Gasteiger partial charge in [-0.25, -0.2) is 8.96 Å². The van der Waals surface area contributed by atoms with Crippen LogP contribution >= 0.6 is 0 Å². The van der Waals surface area contributed by atoms with Gasteiger partial charge in [0.15, 0.2) is 12.4 Å². The number of hydrogen-bond acceptors (Lipinski definition) is 2. The normalized spacial score (nSPS) is 9.67. The Labute approximate surface area is 120 Å². The summed E-state index contributed by atoms with van der Waals surface area (Å²) in [5.41, 5.74) is 0.805. The highest BCUT2D eigenvalue weighted by molar-refractivity contribution is 5.64. The molecule has 0 N–H and O–H groups in total. The second kappa shape index (κ2) is 5.85. The summed E-state index contributed by atoms with van der Waals surface area (Å²) in [7, 11) is 1.86. The Morgan fingerprint density at radius 1 is 1.22 bits per heavy atom. The second-order valence-electron chi connectivity index (χ2n) is 3.67. The fourth-order valence-corrected chi connectivity index (χ4v) is 1.53. The number of pyridine rings is 1. The van der Waals surface area contributed by atoms with Crippen molar-refractivity contribution in [1.29, 1.82) is 0 Å². The van der Waals surface area contributed by atoms with Crippen molar-refractivity contribution in [3.05, 3.63) is 58.7 Å². The fourth-order valence-electron chi connectivity index (χ4n) is 1.53. The van der Waals surface area contributed by atoms with Crippen molar-refractivity contribution in [3.63, 3.8) is 0 Å². The molecule has 0 radical (unpaired) electrons. The Morgan fingerprint density at radius 3 is 2.33 bits per heavy atom. The first-order valence-corrected chi connectivity index (χ1v) is 4.97. The minimum absolute atomic E-state index is 0. The predicted octanol–water partition coefficient (Wildman–Crippen LogP) is -0.771. The average Bonchev–Trinajstić information content (AvgIpc) is 2.30. The van der Waals surface area contributed by atoms with Gasteiger partial charge < -0.3 is 24.0 Å². The number of benzene rings is 1. The predicted molar refractivity (Wildman–Crippen MR) is 59.7 cm³/mol. The van der Waals surface area contributed by atoms with Gasteiger partial charge in [-0.1, -0.05) is 0 Å². The minimum Gasteiger partial charge on any atom is -1.00 e. The quantitative estimate of drug-likeness (QED) is 0.306. The number of aromatic nitrogens is 1. The number of hydrogen-bond donors (Lipinski definition) is 0. The number of rotatable bonds is 2. The Bertz CT molecular complexity index is 573. The zero-order chi connectivity index (χ0) is 12.4. The van der Waals surface area contributed by atoms with E-state index >= 15 is 0 Å². The lowest BCUT2D eigenvalue weighted by Gasteiger charge is -2.01. The summed E-state index contributed by atoms with van der Waals surface area (Å²) in [6.07, 6.45) is 3.58. The molecular formula is C12H10FIN2O2. The Morgan fingerprint density at radius 2 is 1.83 bits per heavy atom. The molecular weight excluding hydrogens is 350 g/mol. The molecule has 0 aliphatic carbocycles. The molecule has 1 heterocycles. The molecule has 0 amide bonds. The van der Waals surface area contributed by atoms with Crippen LogP contribution in [-0.2, 0) is 7.05 Å². The number of nitro benzene ring substituents is 1. The van der Waals surface area contributed by atoms with Gasteiger partial charge in [-0.05, 0) is 11.6 Å².